The number of aryl methyl sites for hydroxylation is 2. The second kappa shape index (κ2) is 5.92. The van der Waals surface area contributed by atoms with Gasteiger partial charge in [-0.05, 0) is 45.1 Å². The van der Waals surface area contributed by atoms with Gasteiger partial charge in [0, 0.05) is 17.0 Å². The Morgan fingerprint density at radius 2 is 1.65 bits per heavy atom. The van der Waals surface area contributed by atoms with E-state index in [1.165, 1.54) is 42.4 Å². The zero-order valence-electron chi connectivity index (χ0n) is 10.9. The molecule has 1 nitrogen and oxygen atoms in total. The maximum absolute atomic E-state index is 5.93. The maximum Gasteiger partial charge on any atom is 0.0187 e. The predicted molar refractivity (Wildman–Crippen MR) is 77.4 cm³/mol. The largest absolute Gasteiger partial charge is 0.328 e. The van der Waals surface area contributed by atoms with Gasteiger partial charge >= 0.3 is 0 Å². The van der Waals surface area contributed by atoms with Crippen LogP contribution in [0.3, 0.4) is 0 Å². The van der Waals surface area contributed by atoms with Crippen molar-refractivity contribution in [2.24, 2.45) is 5.73 Å². The second-order valence-electron chi connectivity index (χ2n) is 5.34. The quantitative estimate of drug-likeness (QED) is 0.881. The smallest absolute Gasteiger partial charge is 0.0187 e. The summed E-state index contributed by atoms with van der Waals surface area (Å²) >= 11 is 2.11. The highest BCUT2D eigenvalue weighted by Crippen LogP contribution is 2.30. The molecule has 2 N–H and O–H groups in total. The van der Waals surface area contributed by atoms with Crippen molar-refractivity contribution in [1.29, 1.82) is 0 Å². The summed E-state index contributed by atoms with van der Waals surface area (Å²) in [5.74, 6) is 1.16. The Balaban J connectivity index is 1.85. The van der Waals surface area contributed by atoms with Gasteiger partial charge in [-0.2, -0.15) is 11.8 Å². The minimum atomic E-state index is 0.466. The molecule has 0 radical (unpaired) electrons. The fraction of sp³-hybridized carbons (Fsp3) is 0.600. The van der Waals surface area contributed by atoms with Crippen LogP contribution in [0, 0.1) is 13.8 Å². The number of nitrogens with two attached hydrogens (primary N) is 1. The molecule has 1 aromatic rings. The predicted octanol–water partition coefficient (Wildman–Crippen LogP) is 3.81. The maximum atomic E-state index is 5.93. The van der Waals surface area contributed by atoms with E-state index < -0.39 is 0 Å². The van der Waals surface area contributed by atoms with E-state index in [1.54, 1.807) is 0 Å². The van der Waals surface area contributed by atoms with Gasteiger partial charge in [0.2, 0.25) is 0 Å². The molecule has 0 heterocycles. The molecule has 94 valence electrons. The number of rotatable bonds is 3. The molecule has 1 fully saturated rings. The Labute approximate surface area is 109 Å². The molecule has 0 spiro atoms. The van der Waals surface area contributed by atoms with E-state index >= 15 is 0 Å². The van der Waals surface area contributed by atoms with Crippen LogP contribution in [0.1, 0.15) is 42.4 Å². The molecular formula is C15H23NS. The zero-order valence-corrected chi connectivity index (χ0v) is 11.7. The van der Waals surface area contributed by atoms with Crippen molar-refractivity contribution >= 4 is 11.8 Å². The second-order valence-corrected chi connectivity index (χ2v) is 6.63. The van der Waals surface area contributed by atoms with Crippen molar-refractivity contribution in [3.8, 4) is 0 Å². The lowest BCUT2D eigenvalue weighted by Crippen LogP contribution is -2.27. The summed E-state index contributed by atoms with van der Waals surface area (Å²) in [7, 11) is 0. The number of thioether (sulfide) groups is 1. The van der Waals surface area contributed by atoms with Crippen LogP contribution in [0.25, 0.3) is 0 Å². The monoisotopic (exact) mass is 249 g/mol. The van der Waals surface area contributed by atoms with Crippen molar-refractivity contribution < 1.29 is 0 Å². The Hall–Kier alpha value is -0.470. The van der Waals surface area contributed by atoms with E-state index in [2.05, 4.69) is 43.8 Å². The third-order valence-corrected chi connectivity index (χ3v) is 4.93. The fourth-order valence-electron chi connectivity index (χ4n) is 2.62. The van der Waals surface area contributed by atoms with Gasteiger partial charge in [-0.3, -0.25) is 0 Å². The van der Waals surface area contributed by atoms with E-state index in [4.69, 9.17) is 5.73 Å². The molecule has 1 saturated carbocycles. The third-order valence-electron chi connectivity index (χ3n) is 3.49. The summed E-state index contributed by atoms with van der Waals surface area (Å²) in [4.78, 5) is 0. The molecule has 0 unspecified atom stereocenters. The lowest BCUT2D eigenvalue weighted by molar-refractivity contribution is 0.450. The molecular weight excluding hydrogens is 226 g/mol. The lowest BCUT2D eigenvalue weighted by Gasteiger charge is -2.25. The average molecular weight is 249 g/mol. The lowest BCUT2D eigenvalue weighted by atomic mass is 9.96. The van der Waals surface area contributed by atoms with Crippen LogP contribution < -0.4 is 5.73 Å². The first-order chi connectivity index (χ1) is 8.13. The van der Waals surface area contributed by atoms with Crippen LogP contribution >= 0.6 is 11.8 Å². The Morgan fingerprint density at radius 1 is 1.06 bits per heavy atom. The van der Waals surface area contributed by atoms with E-state index in [0.717, 1.165) is 11.0 Å². The highest BCUT2D eigenvalue weighted by Gasteiger charge is 2.18. The minimum absolute atomic E-state index is 0.466. The molecule has 0 aliphatic heterocycles. The summed E-state index contributed by atoms with van der Waals surface area (Å²) in [5, 5.41) is 0.829. The third kappa shape index (κ3) is 4.04. The van der Waals surface area contributed by atoms with Gasteiger partial charge in [0.15, 0.2) is 0 Å². The van der Waals surface area contributed by atoms with Gasteiger partial charge in [0.25, 0.3) is 0 Å². The summed E-state index contributed by atoms with van der Waals surface area (Å²) in [6.07, 6.45) is 5.03. The van der Waals surface area contributed by atoms with Crippen molar-refractivity contribution in [2.45, 2.75) is 56.6 Å². The SMILES string of the molecule is Cc1cc(C)cc(CSC2CCC(N)CC2)c1. The molecule has 0 saturated heterocycles. The Kier molecular flexibility index (Phi) is 4.52. The fourth-order valence-corrected chi connectivity index (χ4v) is 3.82. The molecule has 2 heteroatoms. The average Bonchev–Trinajstić information content (AvgIpc) is 2.27. The molecule has 1 aliphatic rings. The van der Waals surface area contributed by atoms with Crippen LogP contribution in [0.4, 0.5) is 0 Å². The van der Waals surface area contributed by atoms with E-state index in [-0.39, 0.29) is 0 Å². The molecule has 0 aromatic heterocycles. The molecule has 0 amide bonds. The van der Waals surface area contributed by atoms with Crippen molar-refractivity contribution in [3.05, 3.63) is 34.9 Å². The number of benzene rings is 1. The molecule has 17 heavy (non-hydrogen) atoms. The summed E-state index contributed by atoms with van der Waals surface area (Å²) in [6, 6.07) is 7.34. The van der Waals surface area contributed by atoms with Gasteiger partial charge in [-0.15, -0.1) is 0 Å². The Bertz CT molecular complexity index is 347. The summed E-state index contributed by atoms with van der Waals surface area (Å²) in [5.41, 5.74) is 10.2. The first-order valence-electron chi connectivity index (χ1n) is 6.58. The van der Waals surface area contributed by atoms with Crippen molar-refractivity contribution in [1.82, 2.24) is 0 Å². The topological polar surface area (TPSA) is 26.0 Å². The molecule has 0 bridgehead atoms. The summed E-state index contributed by atoms with van der Waals surface area (Å²) in [6.45, 7) is 4.36. The Morgan fingerprint density at radius 3 is 2.24 bits per heavy atom. The molecule has 2 rings (SSSR count). The van der Waals surface area contributed by atoms with E-state index in [0.29, 0.717) is 6.04 Å². The molecule has 0 atom stereocenters. The highest BCUT2D eigenvalue weighted by molar-refractivity contribution is 7.99. The highest BCUT2D eigenvalue weighted by atomic mass is 32.2. The number of hydrogen-bond acceptors (Lipinski definition) is 2. The van der Waals surface area contributed by atoms with Crippen molar-refractivity contribution in [3.63, 3.8) is 0 Å². The van der Waals surface area contributed by atoms with Crippen LogP contribution in [-0.2, 0) is 5.75 Å². The van der Waals surface area contributed by atoms with Crippen LogP contribution in [0.15, 0.2) is 18.2 Å². The van der Waals surface area contributed by atoms with Gasteiger partial charge in [-0.1, -0.05) is 29.3 Å². The molecule has 1 aliphatic carbocycles. The summed E-state index contributed by atoms with van der Waals surface area (Å²) < 4.78 is 0. The van der Waals surface area contributed by atoms with Crippen LogP contribution in [-0.4, -0.2) is 11.3 Å². The standard InChI is InChI=1S/C15H23NS/c1-11-7-12(2)9-13(8-11)10-17-15-5-3-14(16)4-6-15/h7-9,14-15H,3-6,10,16H2,1-2H3. The van der Waals surface area contributed by atoms with Crippen LogP contribution in [0.2, 0.25) is 0 Å². The van der Waals surface area contributed by atoms with Crippen molar-refractivity contribution in [2.75, 3.05) is 0 Å². The molecule has 1 aromatic carbocycles. The van der Waals surface area contributed by atoms with Gasteiger partial charge in [0.1, 0.15) is 0 Å². The first-order valence-corrected chi connectivity index (χ1v) is 7.63. The van der Waals surface area contributed by atoms with Gasteiger partial charge in [-0.25, -0.2) is 0 Å². The number of hydrogen-bond donors (Lipinski definition) is 1. The first kappa shape index (κ1) is 13.0. The minimum Gasteiger partial charge on any atom is -0.328 e. The van der Waals surface area contributed by atoms with Gasteiger partial charge < -0.3 is 5.73 Å². The normalized spacial score (nSPS) is 24.9. The van der Waals surface area contributed by atoms with Gasteiger partial charge in [0.05, 0.1) is 0 Å². The zero-order chi connectivity index (χ0) is 12.3. The van der Waals surface area contributed by atoms with E-state index in [9.17, 15) is 0 Å². The van der Waals surface area contributed by atoms with Crippen LogP contribution in [0.5, 0.6) is 0 Å². The van der Waals surface area contributed by atoms with E-state index in [1.807, 2.05) is 0 Å².